The van der Waals surface area contributed by atoms with Crippen LogP contribution in [0.15, 0.2) is 36.5 Å². The minimum absolute atomic E-state index is 0.280. The summed E-state index contributed by atoms with van der Waals surface area (Å²) in [4.78, 5) is 8.33. The van der Waals surface area contributed by atoms with Crippen LogP contribution < -0.4 is 11.1 Å². The Morgan fingerprint density at radius 2 is 2.18 bits per heavy atom. The standard InChI is InChI=1S/C12H13FN4/c13-10-3-1-2-9(8-10)11-4-6-15-12(17-11)16-7-5-14/h1-4,6,8H,5,7,14H2,(H,15,16,17). The number of aromatic nitrogens is 2. The number of hydrogen-bond donors (Lipinski definition) is 2. The normalized spacial score (nSPS) is 10.2. The van der Waals surface area contributed by atoms with Crippen molar-refractivity contribution in [1.82, 2.24) is 9.97 Å². The number of anilines is 1. The molecule has 3 N–H and O–H groups in total. The molecular weight excluding hydrogens is 219 g/mol. The van der Waals surface area contributed by atoms with Crippen LogP contribution in [-0.4, -0.2) is 23.1 Å². The van der Waals surface area contributed by atoms with Gasteiger partial charge >= 0.3 is 0 Å². The van der Waals surface area contributed by atoms with Crippen LogP contribution in [0.4, 0.5) is 10.3 Å². The topological polar surface area (TPSA) is 63.8 Å². The van der Waals surface area contributed by atoms with Crippen LogP contribution in [0.3, 0.4) is 0 Å². The minimum Gasteiger partial charge on any atom is -0.353 e. The van der Waals surface area contributed by atoms with Gasteiger partial charge in [0.25, 0.3) is 0 Å². The molecule has 2 rings (SSSR count). The maximum absolute atomic E-state index is 13.1. The van der Waals surface area contributed by atoms with Crippen LogP contribution in [0.5, 0.6) is 0 Å². The molecule has 5 heteroatoms. The SMILES string of the molecule is NCCNc1nccc(-c2cccc(F)c2)n1. The van der Waals surface area contributed by atoms with Crippen LogP contribution >= 0.6 is 0 Å². The van der Waals surface area contributed by atoms with E-state index in [1.807, 2.05) is 0 Å². The van der Waals surface area contributed by atoms with Gasteiger partial charge in [0.2, 0.25) is 5.95 Å². The summed E-state index contributed by atoms with van der Waals surface area (Å²) in [5, 5.41) is 2.98. The van der Waals surface area contributed by atoms with E-state index in [1.165, 1.54) is 12.1 Å². The molecule has 1 heterocycles. The number of nitrogens with one attached hydrogen (secondary N) is 1. The van der Waals surface area contributed by atoms with Gasteiger partial charge < -0.3 is 11.1 Å². The van der Waals surface area contributed by atoms with Crippen molar-refractivity contribution in [3.8, 4) is 11.3 Å². The molecule has 0 saturated carbocycles. The Bertz CT molecular complexity index is 501. The molecule has 17 heavy (non-hydrogen) atoms. The molecular formula is C12H13FN4. The predicted molar refractivity (Wildman–Crippen MR) is 65.0 cm³/mol. The van der Waals surface area contributed by atoms with Gasteiger partial charge in [0, 0.05) is 24.8 Å². The Kier molecular flexibility index (Phi) is 3.62. The van der Waals surface area contributed by atoms with Gasteiger partial charge in [-0.3, -0.25) is 0 Å². The zero-order valence-electron chi connectivity index (χ0n) is 9.23. The fourth-order valence-electron chi connectivity index (χ4n) is 1.44. The summed E-state index contributed by atoms with van der Waals surface area (Å²) in [5.74, 6) is 0.217. The molecule has 0 aliphatic carbocycles. The first-order chi connectivity index (χ1) is 8.29. The summed E-state index contributed by atoms with van der Waals surface area (Å²) in [6, 6.07) is 8.04. The lowest BCUT2D eigenvalue weighted by molar-refractivity contribution is 0.628. The third-order valence-electron chi connectivity index (χ3n) is 2.20. The van der Waals surface area contributed by atoms with Crippen molar-refractivity contribution in [3.63, 3.8) is 0 Å². The summed E-state index contributed by atoms with van der Waals surface area (Å²) in [6.45, 7) is 1.11. The lowest BCUT2D eigenvalue weighted by Crippen LogP contribution is -2.14. The second kappa shape index (κ2) is 5.36. The fourth-order valence-corrected chi connectivity index (χ4v) is 1.44. The predicted octanol–water partition coefficient (Wildman–Crippen LogP) is 1.65. The van der Waals surface area contributed by atoms with Crippen molar-refractivity contribution in [1.29, 1.82) is 0 Å². The van der Waals surface area contributed by atoms with E-state index in [0.29, 0.717) is 24.7 Å². The lowest BCUT2D eigenvalue weighted by atomic mass is 10.1. The van der Waals surface area contributed by atoms with Crippen molar-refractivity contribution < 1.29 is 4.39 Å². The highest BCUT2D eigenvalue weighted by Crippen LogP contribution is 2.18. The minimum atomic E-state index is -0.280. The molecule has 0 amide bonds. The maximum Gasteiger partial charge on any atom is 0.223 e. The first-order valence-electron chi connectivity index (χ1n) is 5.32. The number of nitrogens with zero attached hydrogens (tertiary/aromatic N) is 2. The largest absolute Gasteiger partial charge is 0.353 e. The van der Waals surface area contributed by atoms with E-state index < -0.39 is 0 Å². The van der Waals surface area contributed by atoms with Gasteiger partial charge in [0.05, 0.1) is 5.69 Å². The summed E-state index contributed by atoms with van der Waals surface area (Å²) >= 11 is 0. The monoisotopic (exact) mass is 232 g/mol. The molecule has 0 unspecified atom stereocenters. The quantitative estimate of drug-likeness (QED) is 0.841. The van der Waals surface area contributed by atoms with Gasteiger partial charge in [-0.2, -0.15) is 0 Å². The van der Waals surface area contributed by atoms with Crippen molar-refractivity contribution in [3.05, 3.63) is 42.3 Å². The molecule has 0 spiro atoms. The number of halogens is 1. The third-order valence-corrected chi connectivity index (χ3v) is 2.20. The fraction of sp³-hybridized carbons (Fsp3) is 0.167. The van der Waals surface area contributed by atoms with E-state index in [1.54, 1.807) is 24.4 Å². The summed E-state index contributed by atoms with van der Waals surface area (Å²) < 4.78 is 13.1. The molecule has 1 aromatic carbocycles. The van der Waals surface area contributed by atoms with E-state index in [2.05, 4.69) is 15.3 Å². The van der Waals surface area contributed by atoms with Crippen molar-refractivity contribution >= 4 is 5.95 Å². The van der Waals surface area contributed by atoms with Gasteiger partial charge in [0.1, 0.15) is 5.82 Å². The first-order valence-corrected chi connectivity index (χ1v) is 5.32. The number of nitrogens with two attached hydrogens (primary N) is 1. The van der Waals surface area contributed by atoms with Gasteiger partial charge in [-0.1, -0.05) is 12.1 Å². The van der Waals surface area contributed by atoms with Crippen LogP contribution in [0.2, 0.25) is 0 Å². The molecule has 0 fully saturated rings. The Morgan fingerprint density at radius 1 is 1.29 bits per heavy atom. The number of benzene rings is 1. The zero-order chi connectivity index (χ0) is 12.1. The van der Waals surface area contributed by atoms with Crippen molar-refractivity contribution in [2.45, 2.75) is 0 Å². The highest BCUT2D eigenvalue weighted by atomic mass is 19.1. The molecule has 88 valence electrons. The molecule has 4 nitrogen and oxygen atoms in total. The molecule has 0 atom stereocenters. The van der Waals surface area contributed by atoms with E-state index >= 15 is 0 Å². The summed E-state index contributed by atoms with van der Waals surface area (Å²) in [6.07, 6.45) is 1.63. The van der Waals surface area contributed by atoms with Gasteiger partial charge in [-0.05, 0) is 18.2 Å². The average molecular weight is 232 g/mol. The molecule has 0 saturated heterocycles. The van der Waals surface area contributed by atoms with Crippen LogP contribution in [0, 0.1) is 5.82 Å². The first kappa shape index (κ1) is 11.5. The third kappa shape index (κ3) is 2.98. The van der Waals surface area contributed by atoms with Crippen LogP contribution in [0.25, 0.3) is 11.3 Å². The lowest BCUT2D eigenvalue weighted by Gasteiger charge is -2.05. The Morgan fingerprint density at radius 3 is 2.94 bits per heavy atom. The maximum atomic E-state index is 13.1. The Labute approximate surface area is 98.7 Å². The molecule has 1 aromatic heterocycles. The molecule has 0 bridgehead atoms. The molecule has 0 radical (unpaired) electrons. The Hall–Kier alpha value is -2.01. The van der Waals surface area contributed by atoms with Crippen LogP contribution in [-0.2, 0) is 0 Å². The van der Waals surface area contributed by atoms with Crippen molar-refractivity contribution in [2.75, 3.05) is 18.4 Å². The van der Waals surface area contributed by atoms with E-state index in [4.69, 9.17) is 5.73 Å². The summed E-state index contributed by atoms with van der Waals surface area (Å²) in [5.41, 5.74) is 6.78. The molecule has 2 aromatic rings. The highest BCUT2D eigenvalue weighted by Gasteiger charge is 2.02. The highest BCUT2D eigenvalue weighted by molar-refractivity contribution is 5.59. The van der Waals surface area contributed by atoms with E-state index in [-0.39, 0.29) is 5.82 Å². The summed E-state index contributed by atoms with van der Waals surface area (Å²) in [7, 11) is 0. The van der Waals surface area contributed by atoms with E-state index in [9.17, 15) is 4.39 Å². The second-order valence-corrected chi connectivity index (χ2v) is 3.49. The zero-order valence-corrected chi connectivity index (χ0v) is 9.23. The van der Waals surface area contributed by atoms with Crippen LogP contribution in [0.1, 0.15) is 0 Å². The smallest absolute Gasteiger partial charge is 0.223 e. The second-order valence-electron chi connectivity index (χ2n) is 3.49. The number of rotatable bonds is 4. The number of hydrogen-bond acceptors (Lipinski definition) is 4. The van der Waals surface area contributed by atoms with Crippen molar-refractivity contribution in [2.24, 2.45) is 5.73 Å². The average Bonchev–Trinajstić information content (AvgIpc) is 2.37. The van der Waals surface area contributed by atoms with Gasteiger partial charge in [-0.25, -0.2) is 14.4 Å². The Balaban J connectivity index is 2.26. The molecule has 0 aliphatic heterocycles. The van der Waals surface area contributed by atoms with Gasteiger partial charge in [-0.15, -0.1) is 0 Å². The van der Waals surface area contributed by atoms with E-state index in [0.717, 1.165) is 5.56 Å². The van der Waals surface area contributed by atoms with Gasteiger partial charge in [0.15, 0.2) is 0 Å². The molecule has 0 aliphatic rings.